The van der Waals surface area contributed by atoms with Crippen LogP contribution < -0.4 is 9.47 Å². The van der Waals surface area contributed by atoms with E-state index in [1.165, 1.54) is 0 Å². The highest BCUT2D eigenvalue weighted by Gasteiger charge is 2.42. The van der Waals surface area contributed by atoms with Crippen molar-refractivity contribution in [3.63, 3.8) is 0 Å². The number of carbonyl (C=O) groups is 1. The van der Waals surface area contributed by atoms with E-state index in [-0.39, 0.29) is 10.4 Å². The standard InChI is InChI=1S/C22H29ClO3Si/c1-22(2,3)27(5,6)21(24)18-8-7-9-19(13-18)26-15-17-10-16(14-23)11-20(12-17)25-4/h7-13H,14-15H2,1-6H3. The molecule has 0 radical (unpaired) electrons. The van der Waals surface area contributed by atoms with Crippen LogP contribution in [0.25, 0.3) is 0 Å². The van der Waals surface area contributed by atoms with Gasteiger partial charge in [0.2, 0.25) is 0 Å². The predicted octanol–water partition coefficient (Wildman–Crippen LogP) is 6.24. The predicted molar refractivity (Wildman–Crippen MR) is 115 cm³/mol. The fourth-order valence-corrected chi connectivity index (χ4v) is 4.31. The number of benzene rings is 2. The van der Waals surface area contributed by atoms with Crippen molar-refractivity contribution in [1.82, 2.24) is 0 Å². The van der Waals surface area contributed by atoms with Gasteiger partial charge in [-0.05, 0) is 40.4 Å². The van der Waals surface area contributed by atoms with E-state index in [2.05, 4.69) is 33.9 Å². The summed E-state index contributed by atoms with van der Waals surface area (Å²) in [5, 5.41) is 0.255. The number of carbonyl (C=O) groups excluding carboxylic acids is 1. The normalized spacial score (nSPS) is 12.0. The lowest BCUT2D eigenvalue weighted by atomic mass is 10.1. The van der Waals surface area contributed by atoms with Gasteiger partial charge in [-0.1, -0.05) is 52.1 Å². The highest BCUT2D eigenvalue weighted by atomic mass is 35.5. The second-order valence-corrected chi connectivity index (χ2v) is 13.8. The smallest absolute Gasteiger partial charge is 0.140 e. The molecule has 146 valence electrons. The Kier molecular flexibility index (Phi) is 6.76. The maximum absolute atomic E-state index is 13.1. The van der Waals surface area contributed by atoms with Gasteiger partial charge in [-0.25, -0.2) is 0 Å². The van der Waals surface area contributed by atoms with Crippen molar-refractivity contribution in [2.75, 3.05) is 7.11 Å². The third-order valence-electron chi connectivity index (χ3n) is 5.36. The summed E-state index contributed by atoms with van der Waals surface area (Å²) in [6.07, 6.45) is 0. The highest BCUT2D eigenvalue weighted by molar-refractivity contribution is 7.08. The Balaban J connectivity index is 2.18. The summed E-state index contributed by atoms with van der Waals surface area (Å²) < 4.78 is 11.3. The van der Waals surface area contributed by atoms with Gasteiger partial charge in [-0.15, -0.1) is 11.6 Å². The van der Waals surface area contributed by atoms with Gasteiger partial charge >= 0.3 is 0 Å². The van der Waals surface area contributed by atoms with Gasteiger partial charge in [0, 0.05) is 11.4 Å². The number of methoxy groups -OCH3 is 1. The molecular formula is C22H29ClO3Si. The summed E-state index contributed by atoms with van der Waals surface area (Å²) in [5.41, 5.74) is 2.69. The number of ether oxygens (including phenoxy) is 2. The molecule has 5 heteroatoms. The van der Waals surface area contributed by atoms with Crippen LogP contribution in [-0.2, 0) is 12.5 Å². The molecule has 0 aliphatic rings. The first kappa shape index (κ1) is 21.5. The van der Waals surface area contributed by atoms with Gasteiger partial charge in [0.1, 0.15) is 31.6 Å². The van der Waals surface area contributed by atoms with Crippen LogP contribution in [0.2, 0.25) is 18.1 Å². The van der Waals surface area contributed by atoms with Crippen molar-refractivity contribution in [1.29, 1.82) is 0 Å². The Bertz CT molecular complexity index is 787. The first-order valence-corrected chi connectivity index (χ1v) is 12.6. The molecule has 0 heterocycles. The third kappa shape index (κ3) is 5.14. The fraction of sp³-hybridized carbons (Fsp3) is 0.409. The molecular weight excluding hydrogens is 376 g/mol. The van der Waals surface area contributed by atoms with E-state index >= 15 is 0 Å². The fourth-order valence-electron chi connectivity index (χ4n) is 2.60. The van der Waals surface area contributed by atoms with Crippen molar-refractivity contribution >= 4 is 25.1 Å². The van der Waals surface area contributed by atoms with E-state index in [1.807, 2.05) is 42.5 Å². The molecule has 0 aliphatic heterocycles. The lowest BCUT2D eigenvalue weighted by molar-refractivity contribution is 0.106. The van der Waals surface area contributed by atoms with Gasteiger partial charge in [0.05, 0.1) is 7.11 Å². The largest absolute Gasteiger partial charge is 0.497 e. The molecule has 0 atom stereocenters. The molecule has 2 aromatic rings. The third-order valence-corrected chi connectivity index (χ3v) is 10.8. The highest BCUT2D eigenvalue weighted by Crippen LogP contribution is 2.38. The lowest BCUT2D eigenvalue weighted by Gasteiger charge is -2.35. The van der Waals surface area contributed by atoms with E-state index in [1.54, 1.807) is 7.11 Å². The van der Waals surface area contributed by atoms with Crippen LogP contribution in [0.15, 0.2) is 42.5 Å². The number of halogens is 1. The quantitative estimate of drug-likeness (QED) is 0.404. The van der Waals surface area contributed by atoms with Crippen molar-refractivity contribution in [3.8, 4) is 11.5 Å². The van der Waals surface area contributed by atoms with Crippen LogP contribution in [-0.4, -0.2) is 20.6 Å². The van der Waals surface area contributed by atoms with Crippen LogP contribution >= 0.6 is 11.6 Å². The molecule has 0 aliphatic carbocycles. The van der Waals surface area contributed by atoms with E-state index in [0.717, 1.165) is 22.4 Å². The molecule has 0 aromatic heterocycles. The van der Waals surface area contributed by atoms with Crippen molar-refractivity contribution in [2.24, 2.45) is 0 Å². The first-order chi connectivity index (χ1) is 12.6. The zero-order chi connectivity index (χ0) is 20.2. The summed E-state index contributed by atoms with van der Waals surface area (Å²) in [7, 11) is -0.476. The minimum atomic E-state index is -2.11. The first-order valence-electron chi connectivity index (χ1n) is 9.09. The summed E-state index contributed by atoms with van der Waals surface area (Å²) >= 11 is 5.95. The van der Waals surface area contributed by atoms with Crippen LogP contribution in [0.5, 0.6) is 11.5 Å². The molecule has 0 saturated heterocycles. The minimum Gasteiger partial charge on any atom is -0.497 e. The van der Waals surface area contributed by atoms with E-state index in [4.69, 9.17) is 21.1 Å². The second-order valence-electron chi connectivity index (χ2n) is 8.34. The SMILES string of the molecule is COc1cc(CCl)cc(COc2cccc(C(=O)[Si](C)(C)C(C)(C)C)c2)c1. The van der Waals surface area contributed by atoms with Crippen molar-refractivity contribution in [2.45, 2.75) is 51.4 Å². The van der Waals surface area contributed by atoms with Gasteiger partial charge in [0.15, 0.2) is 0 Å². The molecule has 0 amide bonds. The Morgan fingerprint density at radius 1 is 1.04 bits per heavy atom. The zero-order valence-electron chi connectivity index (χ0n) is 17.1. The number of hydrogen-bond acceptors (Lipinski definition) is 3. The molecule has 0 spiro atoms. The molecule has 27 heavy (non-hydrogen) atoms. The van der Waals surface area contributed by atoms with Crippen molar-refractivity contribution < 1.29 is 14.3 Å². The number of alkyl halides is 1. The summed E-state index contributed by atoms with van der Waals surface area (Å²) in [6.45, 7) is 11.1. The Morgan fingerprint density at radius 3 is 2.30 bits per heavy atom. The van der Waals surface area contributed by atoms with E-state index in [0.29, 0.717) is 18.2 Å². The average molecular weight is 405 g/mol. The van der Waals surface area contributed by atoms with Crippen LogP contribution in [0, 0.1) is 0 Å². The Hall–Kier alpha value is -1.78. The summed E-state index contributed by atoms with van der Waals surface area (Å²) in [4.78, 5) is 13.1. The Labute approximate surface area is 168 Å². The topological polar surface area (TPSA) is 35.5 Å². The molecule has 0 saturated carbocycles. The minimum absolute atomic E-state index is 0.000497. The van der Waals surface area contributed by atoms with E-state index in [9.17, 15) is 4.79 Å². The molecule has 0 unspecified atom stereocenters. The monoisotopic (exact) mass is 404 g/mol. The van der Waals surface area contributed by atoms with Crippen molar-refractivity contribution in [3.05, 3.63) is 59.2 Å². The second kappa shape index (κ2) is 8.49. The summed E-state index contributed by atoms with van der Waals surface area (Å²) in [6, 6.07) is 13.3. The molecule has 0 bridgehead atoms. The molecule has 3 nitrogen and oxygen atoms in total. The summed E-state index contributed by atoms with van der Waals surface area (Å²) in [5.74, 6) is 1.86. The molecule has 0 N–H and O–H groups in total. The average Bonchev–Trinajstić information content (AvgIpc) is 2.64. The van der Waals surface area contributed by atoms with Gasteiger partial charge in [-0.2, -0.15) is 0 Å². The Morgan fingerprint density at radius 2 is 1.70 bits per heavy atom. The zero-order valence-corrected chi connectivity index (χ0v) is 18.8. The number of hydrogen-bond donors (Lipinski definition) is 0. The molecule has 2 rings (SSSR count). The van der Waals surface area contributed by atoms with Gasteiger partial charge in [0.25, 0.3) is 0 Å². The van der Waals surface area contributed by atoms with Gasteiger partial charge < -0.3 is 14.3 Å². The molecule has 2 aromatic carbocycles. The van der Waals surface area contributed by atoms with E-state index < -0.39 is 8.07 Å². The maximum Gasteiger partial charge on any atom is 0.140 e. The number of rotatable bonds is 7. The van der Waals surface area contributed by atoms with Crippen LogP contribution in [0.1, 0.15) is 42.3 Å². The van der Waals surface area contributed by atoms with Crippen LogP contribution in [0.4, 0.5) is 0 Å². The molecule has 0 fully saturated rings. The van der Waals surface area contributed by atoms with Gasteiger partial charge in [-0.3, -0.25) is 0 Å². The lowest BCUT2D eigenvalue weighted by Crippen LogP contribution is -2.46. The van der Waals surface area contributed by atoms with Crippen LogP contribution in [0.3, 0.4) is 0 Å². The maximum atomic E-state index is 13.1.